The van der Waals surface area contributed by atoms with Crippen LogP contribution in [0.2, 0.25) is 0 Å². The van der Waals surface area contributed by atoms with Crippen LogP contribution in [0, 0.1) is 5.82 Å². The minimum Gasteiger partial charge on any atom is -0.326 e. The van der Waals surface area contributed by atoms with Crippen LogP contribution >= 0.6 is 0 Å². The maximum Gasteiger partial charge on any atom is 0.228 e. The molecular formula is C20H19FN2O2. The third kappa shape index (κ3) is 3.14. The van der Waals surface area contributed by atoms with E-state index in [-0.39, 0.29) is 24.1 Å². The largest absolute Gasteiger partial charge is 0.326 e. The van der Waals surface area contributed by atoms with Crippen molar-refractivity contribution in [1.82, 2.24) is 0 Å². The summed E-state index contributed by atoms with van der Waals surface area (Å²) >= 11 is 0. The fourth-order valence-electron chi connectivity index (χ4n) is 3.72. The molecule has 2 aromatic carbocycles. The fraction of sp³-hybridized carbons (Fsp3) is 0.300. The zero-order valence-electron chi connectivity index (χ0n) is 13.8. The summed E-state index contributed by atoms with van der Waals surface area (Å²) in [5, 5.41) is 2.94. The molecule has 0 bridgehead atoms. The molecular weight excluding hydrogens is 319 g/mol. The molecule has 2 aliphatic heterocycles. The van der Waals surface area contributed by atoms with Gasteiger partial charge >= 0.3 is 0 Å². The van der Waals surface area contributed by atoms with Crippen molar-refractivity contribution >= 4 is 23.2 Å². The van der Waals surface area contributed by atoms with Crippen molar-refractivity contribution in [2.75, 3.05) is 16.8 Å². The van der Waals surface area contributed by atoms with Crippen LogP contribution in [0.4, 0.5) is 15.8 Å². The maximum atomic E-state index is 13.0. The molecule has 2 aliphatic rings. The van der Waals surface area contributed by atoms with Gasteiger partial charge in [-0.2, -0.15) is 0 Å². The Labute approximate surface area is 145 Å². The summed E-state index contributed by atoms with van der Waals surface area (Å²) in [6.07, 6.45) is 3.33. The van der Waals surface area contributed by atoms with Gasteiger partial charge in [0.2, 0.25) is 11.8 Å². The van der Waals surface area contributed by atoms with Crippen LogP contribution in [-0.2, 0) is 28.9 Å². The summed E-state index contributed by atoms with van der Waals surface area (Å²) in [5.41, 5.74) is 4.87. The lowest BCUT2D eigenvalue weighted by Gasteiger charge is -2.35. The first-order valence-electron chi connectivity index (χ1n) is 8.60. The number of halogens is 1. The van der Waals surface area contributed by atoms with Gasteiger partial charge in [-0.05, 0) is 60.2 Å². The molecule has 0 saturated heterocycles. The second kappa shape index (κ2) is 6.31. The summed E-state index contributed by atoms with van der Waals surface area (Å²) < 4.78 is 13.0. The number of hydrogen-bond donors (Lipinski definition) is 1. The molecule has 0 unspecified atom stereocenters. The standard InChI is InChI=1S/C20H19FN2O2/c21-16-6-3-13(4-7-16)10-18(24)22-17-11-14-2-1-9-23-19(25)8-5-15(12-17)20(14)23/h3-4,6-7,11-12H,1-2,5,8-10H2,(H,22,24). The van der Waals surface area contributed by atoms with Gasteiger partial charge in [0.05, 0.1) is 12.1 Å². The van der Waals surface area contributed by atoms with Crippen LogP contribution < -0.4 is 10.2 Å². The molecule has 2 aromatic rings. The van der Waals surface area contributed by atoms with Gasteiger partial charge in [-0.15, -0.1) is 0 Å². The first kappa shape index (κ1) is 15.8. The monoisotopic (exact) mass is 338 g/mol. The molecule has 0 saturated carbocycles. The van der Waals surface area contributed by atoms with Crippen LogP contribution in [0.3, 0.4) is 0 Å². The van der Waals surface area contributed by atoms with E-state index in [2.05, 4.69) is 5.32 Å². The van der Waals surface area contributed by atoms with Crippen molar-refractivity contribution in [2.45, 2.75) is 32.1 Å². The molecule has 0 fully saturated rings. The Kier molecular flexibility index (Phi) is 3.99. The Balaban J connectivity index is 1.54. The quantitative estimate of drug-likeness (QED) is 0.934. The Morgan fingerprint density at radius 1 is 1.08 bits per heavy atom. The highest BCUT2D eigenvalue weighted by Crippen LogP contribution is 2.37. The van der Waals surface area contributed by atoms with E-state index >= 15 is 0 Å². The average Bonchev–Trinajstić information content (AvgIpc) is 2.60. The van der Waals surface area contributed by atoms with Gasteiger partial charge < -0.3 is 10.2 Å². The lowest BCUT2D eigenvalue weighted by molar-refractivity contribution is -0.119. The minimum absolute atomic E-state index is 0.127. The fourth-order valence-corrected chi connectivity index (χ4v) is 3.72. The van der Waals surface area contributed by atoms with Crippen LogP contribution in [0.15, 0.2) is 36.4 Å². The third-order valence-electron chi connectivity index (χ3n) is 4.84. The molecule has 0 aliphatic carbocycles. The van der Waals surface area contributed by atoms with Gasteiger partial charge in [-0.1, -0.05) is 12.1 Å². The molecule has 25 heavy (non-hydrogen) atoms. The topological polar surface area (TPSA) is 49.4 Å². The van der Waals surface area contributed by atoms with Gasteiger partial charge in [-0.3, -0.25) is 9.59 Å². The van der Waals surface area contributed by atoms with Gasteiger partial charge in [0.1, 0.15) is 5.82 Å². The van der Waals surface area contributed by atoms with Crippen LogP contribution in [-0.4, -0.2) is 18.4 Å². The van der Waals surface area contributed by atoms with E-state index in [4.69, 9.17) is 0 Å². The number of benzene rings is 2. The number of rotatable bonds is 3. The second-order valence-electron chi connectivity index (χ2n) is 6.64. The van der Waals surface area contributed by atoms with Gasteiger partial charge in [0, 0.05) is 18.7 Å². The molecule has 0 spiro atoms. The zero-order chi connectivity index (χ0) is 17.4. The number of anilines is 2. The van der Waals surface area contributed by atoms with Crippen molar-refractivity contribution in [3.8, 4) is 0 Å². The predicted octanol–water partition coefficient (Wildman–Crippen LogP) is 3.23. The second-order valence-corrected chi connectivity index (χ2v) is 6.64. The summed E-state index contributed by atoms with van der Waals surface area (Å²) in [5.74, 6) is -0.239. The molecule has 0 aromatic heterocycles. The number of carbonyl (C=O) groups excluding carboxylic acids is 2. The SMILES string of the molecule is O=C(Cc1ccc(F)cc1)Nc1cc2c3c(c1)CCC(=O)N3CCC2. The maximum absolute atomic E-state index is 13.0. The Hall–Kier alpha value is -2.69. The number of carbonyl (C=O) groups is 2. The summed E-state index contributed by atoms with van der Waals surface area (Å²) in [4.78, 5) is 26.3. The third-order valence-corrected chi connectivity index (χ3v) is 4.84. The van der Waals surface area contributed by atoms with Crippen LogP contribution in [0.5, 0.6) is 0 Å². The molecule has 0 atom stereocenters. The van der Waals surface area contributed by atoms with Gasteiger partial charge in [-0.25, -0.2) is 4.39 Å². The van der Waals surface area contributed by atoms with Gasteiger partial charge in [0.25, 0.3) is 0 Å². The van der Waals surface area contributed by atoms with E-state index in [0.29, 0.717) is 6.42 Å². The first-order chi connectivity index (χ1) is 12.1. The van der Waals surface area contributed by atoms with Crippen molar-refractivity contribution in [2.24, 2.45) is 0 Å². The summed E-state index contributed by atoms with van der Waals surface area (Å²) in [7, 11) is 0. The number of hydrogen-bond acceptors (Lipinski definition) is 2. The lowest BCUT2D eigenvalue weighted by atomic mass is 9.91. The highest BCUT2D eigenvalue weighted by molar-refractivity contribution is 5.99. The molecule has 2 amide bonds. The van der Waals surface area contributed by atoms with Crippen LogP contribution in [0.1, 0.15) is 29.5 Å². The lowest BCUT2D eigenvalue weighted by Crippen LogP contribution is -2.39. The Morgan fingerprint density at radius 2 is 1.80 bits per heavy atom. The summed E-state index contributed by atoms with van der Waals surface area (Å²) in [6.45, 7) is 0.787. The molecule has 5 heteroatoms. The highest BCUT2D eigenvalue weighted by atomic mass is 19.1. The molecule has 0 radical (unpaired) electrons. The normalized spacial score (nSPS) is 15.7. The number of nitrogens with one attached hydrogen (secondary N) is 1. The molecule has 4 rings (SSSR count). The minimum atomic E-state index is -0.308. The van der Waals surface area contributed by atoms with E-state index in [1.54, 1.807) is 12.1 Å². The Bertz CT molecular complexity index is 828. The predicted molar refractivity (Wildman–Crippen MR) is 94.2 cm³/mol. The van der Waals surface area contributed by atoms with E-state index in [0.717, 1.165) is 53.9 Å². The zero-order valence-corrected chi connectivity index (χ0v) is 13.8. The molecule has 2 heterocycles. The Morgan fingerprint density at radius 3 is 2.56 bits per heavy atom. The molecule has 4 nitrogen and oxygen atoms in total. The summed E-state index contributed by atoms with van der Waals surface area (Å²) in [6, 6.07) is 9.91. The first-order valence-corrected chi connectivity index (χ1v) is 8.60. The average molecular weight is 338 g/mol. The van der Waals surface area contributed by atoms with E-state index in [1.807, 2.05) is 17.0 Å². The van der Waals surface area contributed by atoms with Crippen LogP contribution in [0.25, 0.3) is 0 Å². The smallest absolute Gasteiger partial charge is 0.228 e. The molecule has 128 valence electrons. The highest BCUT2D eigenvalue weighted by Gasteiger charge is 2.29. The van der Waals surface area contributed by atoms with Crippen molar-refractivity contribution in [3.05, 3.63) is 58.9 Å². The number of aryl methyl sites for hydroxylation is 2. The number of amides is 2. The van der Waals surface area contributed by atoms with Crippen molar-refractivity contribution in [1.29, 1.82) is 0 Å². The number of nitrogens with zero attached hydrogens (tertiary/aromatic N) is 1. The molecule has 1 N–H and O–H groups in total. The van der Waals surface area contributed by atoms with Crippen molar-refractivity contribution < 1.29 is 14.0 Å². The van der Waals surface area contributed by atoms with E-state index in [9.17, 15) is 14.0 Å². The van der Waals surface area contributed by atoms with E-state index in [1.165, 1.54) is 12.1 Å². The van der Waals surface area contributed by atoms with Crippen molar-refractivity contribution in [3.63, 3.8) is 0 Å². The van der Waals surface area contributed by atoms with E-state index < -0.39 is 0 Å². The van der Waals surface area contributed by atoms with Gasteiger partial charge in [0.15, 0.2) is 0 Å².